The van der Waals surface area contributed by atoms with Crippen molar-refractivity contribution in [3.05, 3.63) is 29.3 Å². The molecule has 0 bridgehead atoms. The van der Waals surface area contributed by atoms with Crippen molar-refractivity contribution >= 4 is 5.69 Å². The Morgan fingerprint density at radius 2 is 1.90 bits per heavy atom. The number of nitrogens with zero attached hydrogens (tertiary/aromatic N) is 1. The SMILES string of the molecule is CCN(CC(C)C)c1ccc(CNC)c(C(F)(F)F)c1. The summed E-state index contributed by atoms with van der Waals surface area (Å²) in [5, 5.41) is 2.78. The Bertz CT molecular complexity index is 428. The molecule has 0 aliphatic heterocycles. The lowest BCUT2D eigenvalue weighted by atomic mass is 10.0. The summed E-state index contributed by atoms with van der Waals surface area (Å²) < 4.78 is 39.4. The molecule has 0 spiro atoms. The van der Waals surface area contributed by atoms with Gasteiger partial charge < -0.3 is 10.2 Å². The molecule has 0 amide bonds. The molecule has 0 aliphatic rings. The van der Waals surface area contributed by atoms with Gasteiger partial charge in [0.25, 0.3) is 0 Å². The van der Waals surface area contributed by atoms with E-state index in [9.17, 15) is 13.2 Å². The van der Waals surface area contributed by atoms with E-state index < -0.39 is 11.7 Å². The Hall–Kier alpha value is -1.23. The van der Waals surface area contributed by atoms with Crippen LogP contribution in [0.25, 0.3) is 0 Å². The number of rotatable bonds is 6. The fourth-order valence-corrected chi connectivity index (χ4v) is 2.23. The Balaban J connectivity index is 3.17. The van der Waals surface area contributed by atoms with Gasteiger partial charge in [0.15, 0.2) is 0 Å². The highest BCUT2D eigenvalue weighted by molar-refractivity contribution is 5.52. The molecular weight excluding hydrogens is 265 g/mol. The molecule has 114 valence electrons. The molecule has 0 aliphatic carbocycles. The molecule has 1 aromatic rings. The van der Waals surface area contributed by atoms with Crippen LogP contribution >= 0.6 is 0 Å². The van der Waals surface area contributed by atoms with E-state index in [0.29, 0.717) is 18.2 Å². The van der Waals surface area contributed by atoms with Crippen molar-refractivity contribution in [2.45, 2.75) is 33.5 Å². The molecule has 0 saturated carbocycles. The van der Waals surface area contributed by atoms with Gasteiger partial charge in [0.1, 0.15) is 0 Å². The van der Waals surface area contributed by atoms with Gasteiger partial charge in [0.05, 0.1) is 5.56 Å². The molecule has 0 aromatic heterocycles. The predicted octanol–water partition coefficient (Wildman–Crippen LogP) is 3.91. The van der Waals surface area contributed by atoms with Gasteiger partial charge in [-0.25, -0.2) is 0 Å². The second kappa shape index (κ2) is 6.97. The second-order valence-electron chi connectivity index (χ2n) is 5.30. The van der Waals surface area contributed by atoms with Crippen molar-refractivity contribution < 1.29 is 13.2 Å². The van der Waals surface area contributed by atoms with Gasteiger partial charge in [-0.1, -0.05) is 19.9 Å². The number of nitrogens with one attached hydrogen (secondary N) is 1. The first kappa shape index (κ1) is 16.8. The van der Waals surface area contributed by atoms with Crippen LogP contribution in [0.3, 0.4) is 0 Å². The van der Waals surface area contributed by atoms with Crippen LogP contribution in [-0.4, -0.2) is 20.1 Å². The first-order valence-corrected chi connectivity index (χ1v) is 6.89. The molecule has 0 atom stereocenters. The Labute approximate surface area is 119 Å². The average Bonchev–Trinajstić information content (AvgIpc) is 2.35. The van der Waals surface area contributed by atoms with Crippen molar-refractivity contribution in [1.29, 1.82) is 0 Å². The van der Waals surface area contributed by atoms with Crippen molar-refractivity contribution in [1.82, 2.24) is 5.32 Å². The summed E-state index contributed by atoms with van der Waals surface area (Å²) in [6, 6.07) is 4.60. The minimum absolute atomic E-state index is 0.214. The van der Waals surface area contributed by atoms with Gasteiger partial charge in [0, 0.05) is 25.3 Å². The maximum absolute atomic E-state index is 13.1. The van der Waals surface area contributed by atoms with Crippen LogP contribution < -0.4 is 10.2 Å². The Morgan fingerprint density at radius 1 is 1.25 bits per heavy atom. The number of alkyl halides is 3. The highest BCUT2D eigenvalue weighted by Crippen LogP contribution is 2.34. The minimum atomic E-state index is -4.32. The summed E-state index contributed by atoms with van der Waals surface area (Å²) in [5.41, 5.74) is 0.365. The van der Waals surface area contributed by atoms with E-state index >= 15 is 0 Å². The van der Waals surface area contributed by atoms with Crippen LogP contribution in [0.2, 0.25) is 0 Å². The molecule has 2 nitrogen and oxygen atoms in total. The molecule has 1 aromatic carbocycles. The third-order valence-electron chi connectivity index (χ3n) is 3.10. The van der Waals surface area contributed by atoms with E-state index in [1.165, 1.54) is 6.07 Å². The first-order chi connectivity index (χ1) is 9.29. The molecule has 0 fully saturated rings. The lowest BCUT2D eigenvalue weighted by Crippen LogP contribution is -2.27. The van der Waals surface area contributed by atoms with Gasteiger partial charge in [-0.05, 0) is 37.6 Å². The van der Waals surface area contributed by atoms with E-state index in [4.69, 9.17) is 0 Å². The molecule has 20 heavy (non-hydrogen) atoms. The van der Waals surface area contributed by atoms with Gasteiger partial charge in [-0.15, -0.1) is 0 Å². The summed E-state index contributed by atoms with van der Waals surface area (Å²) in [6.07, 6.45) is -4.32. The first-order valence-electron chi connectivity index (χ1n) is 6.89. The van der Waals surface area contributed by atoms with Crippen molar-refractivity contribution in [2.75, 3.05) is 25.0 Å². The molecule has 1 N–H and O–H groups in total. The maximum Gasteiger partial charge on any atom is 0.416 e. The zero-order chi connectivity index (χ0) is 15.3. The highest BCUT2D eigenvalue weighted by Gasteiger charge is 2.33. The quantitative estimate of drug-likeness (QED) is 0.854. The van der Waals surface area contributed by atoms with Crippen LogP contribution in [0.1, 0.15) is 31.9 Å². The normalized spacial score (nSPS) is 12.0. The van der Waals surface area contributed by atoms with Crippen molar-refractivity contribution in [3.8, 4) is 0 Å². The fourth-order valence-electron chi connectivity index (χ4n) is 2.23. The van der Waals surface area contributed by atoms with Crippen LogP contribution in [0, 0.1) is 5.92 Å². The van der Waals surface area contributed by atoms with E-state index in [1.54, 1.807) is 19.2 Å². The fraction of sp³-hybridized carbons (Fsp3) is 0.600. The van der Waals surface area contributed by atoms with E-state index in [2.05, 4.69) is 19.2 Å². The molecule has 0 saturated heterocycles. The summed E-state index contributed by atoms with van der Waals surface area (Å²) in [6.45, 7) is 7.73. The van der Waals surface area contributed by atoms with Crippen LogP contribution in [0.15, 0.2) is 18.2 Å². The van der Waals surface area contributed by atoms with Crippen LogP contribution in [0.4, 0.5) is 18.9 Å². The van der Waals surface area contributed by atoms with E-state index in [1.807, 2.05) is 11.8 Å². The lowest BCUT2D eigenvalue weighted by Gasteiger charge is -2.26. The van der Waals surface area contributed by atoms with E-state index in [-0.39, 0.29) is 12.1 Å². The van der Waals surface area contributed by atoms with Gasteiger partial charge in [-0.2, -0.15) is 13.2 Å². The predicted molar refractivity (Wildman–Crippen MR) is 76.9 cm³/mol. The number of halogens is 3. The number of hydrogen-bond donors (Lipinski definition) is 1. The maximum atomic E-state index is 13.1. The van der Waals surface area contributed by atoms with Gasteiger partial charge >= 0.3 is 6.18 Å². The molecular formula is C15H23F3N2. The van der Waals surface area contributed by atoms with Crippen molar-refractivity contribution in [3.63, 3.8) is 0 Å². The largest absolute Gasteiger partial charge is 0.416 e. The monoisotopic (exact) mass is 288 g/mol. The molecule has 1 rings (SSSR count). The Morgan fingerprint density at radius 3 is 2.35 bits per heavy atom. The molecule has 0 unspecified atom stereocenters. The smallest absolute Gasteiger partial charge is 0.372 e. The summed E-state index contributed by atoms with van der Waals surface area (Å²) >= 11 is 0. The van der Waals surface area contributed by atoms with Crippen molar-refractivity contribution in [2.24, 2.45) is 5.92 Å². The second-order valence-corrected chi connectivity index (χ2v) is 5.30. The molecule has 0 radical (unpaired) electrons. The molecule has 0 heterocycles. The summed E-state index contributed by atoms with van der Waals surface area (Å²) in [7, 11) is 1.64. The number of hydrogen-bond acceptors (Lipinski definition) is 2. The zero-order valence-corrected chi connectivity index (χ0v) is 12.5. The van der Waals surface area contributed by atoms with Crippen LogP contribution in [0.5, 0.6) is 0 Å². The van der Waals surface area contributed by atoms with Crippen LogP contribution in [-0.2, 0) is 12.7 Å². The van der Waals surface area contributed by atoms with Gasteiger partial charge in [0.2, 0.25) is 0 Å². The number of benzene rings is 1. The summed E-state index contributed by atoms with van der Waals surface area (Å²) in [4.78, 5) is 1.98. The highest BCUT2D eigenvalue weighted by atomic mass is 19.4. The minimum Gasteiger partial charge on any atom is -0.372 e. The molecule has 5 heteroatoms. The zero-order valence-electron chi connectivity index (χ0n) is 12.5. The van der Waals surface area contributed by atoms with E-state index in [0.717, 1.165) is 6.54 Å². The third kappa shape index (κ3) is 4.40. The lowest BCUT2D eigenvalue weighted by molar-refractivity contribution is -0.138. The average molecular weight is 288 g/mol. The van der Waals surface area contributed by atoms with Gasteiger partial charge in [-0.3, -0.25) is 0 Å². The number of anilines is 1. The standard InChI is InChI=1S/C15H23F3N2/c1-5-20(10-11(2)3)13-7-6-12(9-19-4)14(8-13)15(16,17)18/h6-8,11,19H,5,9-10H2,1-4H3. The Kier molecular flexibility index (Phi) is 5.87. The summed E-state index contributed by atoms with van der Waals surface area (Å²) in [5.74, 6) is 0.404. The third-order valence-corrected chi connectivity index (χ3v) is 3.10. The topological polar surface area (TPSA) is 15.3 Å².